The van der Waals surface area contributed by atoms with E-state index < -0.39 is 16.0 Å². The number of carbonyl (C=O) groups excluding carboxylic acids is 2. The summed E-state index contributed by atoms with van der Waals surface area (Å²) in [7, 11) is 0.681. The molecule has 2 rings (SSSR count). The molecule has 1 amide bonds. The van der Waals surface area contributed by atoms with Crippen LogP contribution in [0.2, 0.25) is 0 Å². The molecule has 9 heteroatoms. The SMILES string of the molecule is COC(=O)c1ccc(NS(=O)(=O)c2ccc(OCC(=O)N(C)C)c(C)c2)cc1. The number of carbonyl (C=O) groups is 2. The maximum absolute atomic E-state index is 12.6. The molecule has 0 saturated heterocycles. The number of anilines is 1. The maximum Gasteiger partial charge on any atom is 0.337 e. The largest absolute Gasteiger partial charge is 0.483 e. The zero-order valence-corrected chi connectivity index (χ0v) is 16.9. The Hall–Kier alpha value is -3.07. The quantitative estimate of drug-likeness (QED) is 0.706. The van der Waals surface area contributed by atoms with Crippen molar-refractivity contribution in [3.05, 3.63) is 53.6 Å². The third kappa shape index (κ3) is 5.23. The van der Waals surface area contributed by atoms with E-state index in [1.807, 2.05) is 0 Å². The number of methoxy groups -OCH3 is 1. The normalized spacial score (nSPS) is 10.9. The summed E-state index contributed by atoms with van der Waals surface area (Å²) in [5.41, 5.74) is 1.20. The summed E-state index contributed by atoms with van der Waals surface area (Å²) in [5, 5.41) is 0. The molecule has 1 N–H and O–H groups in total. The van der Waals surface area contributed by atoms with Crippen LogP contribution in [0.3, 0.4) is 0 Å². The van der Waals surface area contributed by atoms with Gasteiger partial charge in [-0.1, -0.05) is 0 Å². The molecule has 0 atom stereocenters. The first-order chi connectivity index (χ1) is 13.1. The Bertz CT molecular complexity index is 968. The van der Waals surface area contributed by atoms with Crippen LogP contribution in [-0.2, 0) is 19.6 Å². The molecule has 0 heterocycles. The highest BCUT2D eigenvalue weighted by atomic mass is 32.2. The highest BCUT2D eigenvalue weighted by Crippen LogP contribution is 2.24. The van der Waals surface area contributed by atoms with Gasteiger partial charge in [0.2, 0.25) is 0 Å². The van der Waals surface area contributed by atoms with Gasteiger partial charge in [-0.05, 0) is 55.0 Å². The number of ether oxygens (including phenoxy) is 2. The number of nitrogens with one attached hydrogen (secondary N) is 1. The Morgan fingerprint density at radius 3 is 2.25 bits per heavy atom. The van der Waals surface area contributed by atoms with Crippen molar-refractivity contribution in [2.75, 3.05) is 32.5 Å². The van der Waals surface area contributed by atoms with E-state index in [1.54, 1.807) is 21.0 Å². The molecule has 0 aliphatic heterocycles. The molecular formula is C19H22N2O6S. The Balaban J connectivity index is 2.14. The number of sulfonamides is 1. The Labute approximate surface area is 164 Å². The van der Waals surface area contributed by atoms with E-state index in [4.69, 9.17) is 4.74 Å². The fraction of sp³-hybridized carbons (Fsp3) is 0.263. The van der Waals surface area contributed by atoms with Gasteiger partial charge in [-0.25, -0.2) is 13.2 Å². The molecule has 0 aliphatic rings. The highest BCUT2D eigenvalue weighted by molar-refractivity contribution is 7.92. The maximum atomic E-state index is 12.6. The Morgan fingerprint density at radius 2 is 1.71 bits per heavy atom. The van der Waals surface area contributed by atoms with Gasteiger partial charge in [0.1, 0.15) is 5.75 Å². The zero-order chi connectivity index (χ0) is 20.9. The first kappa shape index (κ1) is 21.2. The van der Waals surface area contributed by atoms with Gasteiger partial charge in [-0.15, -0.1) is 0 Å². The molecule has 2 aromatic rings. The standard InChI is InChI=1S/C19H22N2O6S/c1-13-11-16(9-10-17(13)27-12-18(22)21(2)3)28(24,25)20-15-7-5-14(6-8-15)19(23)26-4/h5-11,20H,12H2,1-4H3. The number of hydrogen-bond acceptors (Lipinski definition) is 6. The summed E-state index contributed by atoms with van der Waals surface area (Å²) in [6, 6.07) is 10.2. The van der Waals surface area contributed by atoms with Crippen LogP contribution in [0.25, 0.3) is 0 Å². The van der Waals surface area contributed by atoms with Gasteiger partial charge < -0.3 is 14.4 Å². The van der Waals surface area contributed by atoms with Crippen molar-refractivity contribution >= 4 is 27.6 Å². The summed E-state index contributed by atoms with van der Waals surface area (Å²) in [5.74, 6) is -0.280. The number of esters is 1. The molecule has 2 aromatic carbocycles. The average Bonchev–Trinajstić information content (AvgIpc) is 2.66. The summed E-state index contributed by atoms with van der Waals surface area (Å²) in [4.78, 5) is 24.5. The first-order valence-corrected chi connectivity index (χ1v) is 9.77. The van der Waals surface area contributed by atoms with E-state index in [-0.39, 0.29) is 17.4 Å². The van der Waals surface area contributed by atoms with Crippen LogP contribution >= 0.6 is 0 Å². The van der Waals surface area contributed by atoms with Crippen LogP contribution in [0.1, 0.15) is 15.9 Å². The average molecular weight is 406 g/mol. The summed E-state index contributed by atoms with van der Waals surface area (Å²) >= 11 is 0. The molecular weight excluding hydrogens is 384 g/mol. The van der Waals surface area contributed by atoms with Crippen LogP contribution in [0, 0.1) is 6.92 Å². The van der Waals surface area contributed by atoms with Gasteiger partial charge in [0.05, 0.1) is 17.6 Å². The van der Waals surface area contributed by atoms with Gasteiger partial charge in [0.15, 0.2) is 6.61 Å². The van der Waals surface area contributed by atoms with E-state index in [0.29, 0.717) is 22.6 Å². The predicted molar refractivity (Wildman–Crippen MR) is 104 cm³/mol. The van der Waals surface area contributed by atoms with Crippen molar-refractivity contribution in [2.24, 2.45) is 0 Å². The molecule has 0 unspecified atom stereocenters. The topological polar surface area (TPSA) is 102 Å². The molecule has 0 aromatic heterocycles. The molecule has 0 bridgehead atoms. The van der Waals surface area contributed by atoms with E-state index in [2.05, 4.69) is 9.46 Å². The summed E-state index contributed by atoms with van der Waals surface area (Å²) in [6.45, 7) is 1.56. The molecule has 0 fully saturated rings. The van der Waals surface area contributed by atoms with Gasteiger partial charge in [0, 0.05) is 19.8 Å². The van der Waals surface area contributed by atoms with Crippen molar-refractivity contribution in [1.82, 2.24) is 4.90 Å². The minimum Gasteiger partial charge on any atom is -0.483 e. The van der Waals surface area contributed by atoms with E-state index in [0.717, 1.165) is 0 Å². The Morgan fingerprint density at radius 1 is 1.07 bits per heavy atom. The van der Waals surface area contributed by atoms with Crippen LogP contribution in [0.4, 0.5) is 5.69 Å². The smallest absolute Gasteiger partial charge is 0.337 e. The highest BCUT2D eigenvalue weighted by Gasteiger charge is 2.17. The zero-order valence-electron chi connectivity index (χ0n) is 16.1. The number of rotatable bonds is 7. The molecule has 0 saturated carbocycles. The predicted octanol–water partition coefficient (Wildman–Crippen LogP) is 2.05. The van der Waals surface area contributed by atoms with Crippen molar-refractivity contribution in [1.29, 1.82) is 0 Å². The number of aryl methyl sites for hydroxylation is 1. The van der Waals surface area contributed by atoms with E-state index in [1.165, 1.54) is 54.5 Å². The number of amides is 1. The molecule has 8 nitrogen and oxygen atoms in total. The molecule has 0 radical (unpaired) electrons. The number of nitrogens with zero attached hydrogens (tertiary/aromatic N) is 1. The monoisotopic (exact) mass is 406 g/mol. The lowest BCUT2D eigenvalue weighted by molar-refractivity contribution is -0.130. The number of benzene rings is 2. The fourth-order valence-electron chi connectivity index (χ4n) is 2.23. The van der Waals surface area contributed by atoms with E-state index >= 15 is 0 Å². The van der Waals surface area contributed by atoms with Crippen LogP contribution in [-0.4, -0.2) is 53.0 Å². The lowest BCUT2D eigenvalue weighted by Gasteiger charge is -2.14. The third-order valence-corrected chi connectivity index (χ3v) is 5.24. The first-order valence-electron chi connectivity index (χ1n) is 8.29. The van der Waals surface area contributed by atoms with E-state index in [9.17, 15) is 18.0 Å². The van der Waals surface area contributed by atoms with Crippen LogP contribution in [0.5, 0.6) is 5.75 Å². The number of hydrogen-bond donors (Lipinski definition) is 1. The van der Waals surface area contributed by atoms with Crippen molar-refractivity contribution in [3.8, 4) is 5.75 Å². The molecule has 150 valence electrons. The molecule has 28 heavy (non-hydrogen) atoms. The molecule has 0 aliphatic carbocycles. The van der Waals surface area contributed by atoms with Gasteiger partial charge in [0.25, 0.3) is 15.9 Å². The fourth-order valence-corrected chi connectivity index (χ4v) is 3.37. The summed E-state index contributed by atoms with van der Waals surface area (Å²) in [6.07, 6.45) is 0. The van der Waals surface area contributed by atoms with Gasteiger partial charge in [-0.3, -0.25) is 9.52 Å². The van der Waals surface area contributed by atoms with Crippen molar-refractivity contribution in [2.45, 2.75) is 11.8 Å². The lowest BCUT2D eigenvalue weighted by Crippen LogP contribution is -2.27. The second-order valence-corrected chi connectivity index (χ2v) is 7.86. The third-order valence-electron chi connectivity index (χ3n) is 3.86. The molecule has 0 spiro atoms. The minimum atomic E-state index is -3.83. The van der Waals surface area contributed by atoms with Gasteiger partial charge >= 0.3 is 5.97 Å². The van der Waals surface area contributed by atoms with Crippen LogP contribution < -0.4 is 9.46 Å². The number of likely N-dealkylation sites (N-methyl/N-ethyl adjacent to an activating group) is 1. The Kier molecular flexibility index (Phi) is 6.63. The van der Waals surface area contributed by atoms with Gasteiger partial charge in [-0.2, -0.15) is 0 Å². The second kappa shape index (κ2) is 8.75. The lowest BCUT2D eigenvalue weighted by atomic mass is 10.2. The van der Waals surface area contributed by atoms with Crippen LogP contribution in [0.15, 0.2) is 47.4 Å². The minimum absolute atomic E-state index is 0.0494. The second-order valence-electron chi connectivity index (χ2n) is 6.18. The summed E-state index contributed by atoms with van der Waals surface area (Å²) < 4.78 is 37.7. The van der Waals surface area contributed by atoms with Crippen molar-refractivity contribution < 1.29 is 27.5 Å². The van der Waals surface area contributed by atoms with Crippen molar-refractivity contribution in [3.63, 3.8) is 0 Å².